The summed E-state index contributed by atoms with van der Waals surface area (Å²) in [5.41, 5.74) is 5.04. The highest BCUT2D eigenvalue weighted by Gasteiger charge is 2.17. The Labute approximate surface area is 172 Å². The monoisotopic (exact) mass is 381 g/mol. The fraction of sp³-hybridized carbons (Fsp3) is 0.222. The van der Waals surface area contributed by atoms with E-state index in [9.17, 15) is 4.79 Å². The van der Waals surface area contributed by atoms with Gasteiger partial charge in [-0.3, -0.25) is 4.79 Å². The molecule has 2 nitrogen and oxygen atoms in total. The topological polar surface area (TPSA) is 22.0 Å². The van der Waals surface area contributed by atoms with Crippen molar-refractivity contribution in [2.45, 2.75) is 39.7 Å². The van der Waals surface area contributed by atoms with Crippen LogP contribution in [0.1, 0.15) is 47.7 Å². The molecule has 1 aromatic heterocycles. The highest BCUT2D eigenvalue weighted by atomic mass is 16.1. The Morgan fingerprint density at radius 1 is 0.897 bits per heavy atom. The molecule has 0 radical (unpaired) electrons. The molecule has 0 bridgehead atoms. The van der Waals surface area contributed by atoms with Crippen LogP contribution in [0.25, 0.3) is 22.0 Å². The molecule has 2 heteroatoms. The van der Waals surface area contributed by atoms with E-state index in [4.69, 9.17) is 0 Å². The molecule has 0 aliphatic rings. The number of aryl methyl sites for hydroxylation is 2. The molecule has 4 rings (SSSR count). The van der Waals surface area contributed by atoms with Crippen LogP contribution in [0, 0.1) is 6.92 Å². The van der Waals surface area contributed by atoms with Gasteiger partial charge in [-0.25, -0.2) is 0 Å². The molecule has 0 atom stereocenters. The summed E-state index contributed by atoms with van der Waals surface area (Å²) in [4.78, 5) is 13.4. The van der Waals surface area contributed by atoms with Crippen LogP contribution in [-0.2, 0) is 6.54 Å². The zero-order chi connectivity index (χ0) is 20.2. The molecule has 0 spiro atoms. The third-order valence-corrected chi connectivity index (χ3v) is 5.51. The van der Waals surface area contributed by atoms with Crippen LogP contribution < -0.4 is 0 Å². The number of fused-ring (bicyclic) bond motifs is 1. The molecule has 0 N–H and O–H groups in total. The Bertz CT molecular complexity index is 1150. The maximum atomic E-state index is 13.4. The van der Waals surface area contributed by atoms with Crippen molar-refractivity contribution in [1.82, 2.24) is 4.57 Å². The number of rotatable bonds is 7. The number of nitrogens with zero attached hydrogens (tertiary/aromatic N) is 1. The second-order valence-electron chi connectivity index (χ2n) is 7.74. The first-order chi connectivity index (χ1) is 14.2. The van der Waals surface area contributed by atoms with E-state index in [0.717, 1.165) is 40.6 Å². The summed E-state index contributed by atoms with van der Waals surface area (Å²) in [5.74, 6) is 0.0879. The SMILES string of the molecule is CCCCCn1cc(C(=O)c2cccc3ccccc23)cc1-c1cccc(C)c1. The van der Waals surface area contributed by atoms with Gasteiger partial charge >= 0.3 is 0 Å². The van der Waals surface area contributed by atoms with Gasteiger partial charge in [-0.15, -0.1) is 0 Å². The summed E-state index contributed by atoms with van der Waals surface area (Å²) in [6, 6.07) is 24.6. The van der Waals surface area contributed by atoms with Crippen molar-refractivity contribution in [1.29, 1.82) is 0 Å². The minimum Gasteiger partial charge on any atom is -0.347 e. The molecule has 0 fully saturated rings. The van der Waals surface area contributed by atoms with Crippen molar-refractivity contribution in [2.24, 2.45) is 0 Å². The zero-order valence-corrected chi connectivity index (χ0v) is 17.2. The second-order valence-corrected chi connectivity index (χ2v) is 7.74. The van der Waals surface area contributed by atoms with Crippen molar-refractivity contribution >= 4 is 16.6 Å². The lowest BCUT2D eigenvalue weighted by Crippen LogP contribution is -2.02. The van der Waals surface area contributed by atoms with Crippen molar-refractivity contribution < 1.29 is 4.79 Å². The average Bonchev–Trinajstić information content (AvgIpc) is 3.17. The molecular formula is C27H27NO. The molecule has 29 heavy (non-hydrogen) atoms. The van der Waals surface area contributed by atoms with Gasteiger partial charge in [-0.2, -0.15) is 0 Å². The van der Waals surface area contributed by atoms with E-state index in [1.54, 1.807) is 0 Å². The van der Waals surface area contributed by atoms with Gasteiger partial charge in [-0.1, -0.05) is 86.0 Å². The van der Waals surface area contributed by atoms with Gasteiger partial charge in [0.1, 0.15) is 0 Å². The average molecular weight is 382 g/mol. The van der Waals surface area contributed by atoms with E-state index in [0.29, 0.717) is 0 Å². The molecule has 0 unspecified atom stereocenters. The highest BCUT2D eigenvalue weighted by molar-refractivity contribution is 6.16. The molecule has 0 amide bonds. The third-order valence-electron chi connectivity index (χ3n) is 5.51. The van der Waals surface area contributed by atoms with E-state index in [1.807, 2.05) is 36.5 Å². The van der Waals surface area contributed by atoms with Gasteiger partial charge in [0.15, 0.2) is 5.78 Å². The van der Waals surface area contributed by atoms with Gasteiger partial charge < -0.3 is 4.57 Å². The van der Waals surface area contributed by atoms with Crippen LogP contribution in [0.3, 0.4) is 0 Å². The lowest BCUT2D eigenvalue weighted by Gasteiger charge is -2.09. The van der Waals surface area contributed by atoms with E-state index in [1.165, 1.54) is 24.0 Å². The largest absolute Gasteiger partial charge is 0.347 e. The first kappa shape index (κ1) is 19.2. The van der Waals surface area contributed by atoms with Crippen molar-refractivity contribution in [3.8, 4) is 11.3 Å². The normalized spacial score (nSPS) is 11.1. The number of aromatic nitrogens is 1. The van der Waals surface area contributed by atoms with Gasteiger partial charge in [0, 0.05) is 29.6 Å². The first-order valence-corrected chi connectivity index (χ1v) is 10.5. The number of benzene rings is 3. The van der Waals surface area contributed by atoms with Crippen molar-refractivity contribution in [3.63, 3.8) is 0 Å². The quantitative estimate of drug-likeness (QED) is 0.249. The maximum absolute atomic E-state index is 13.4. The number of hydrogen-bond donors (Lipinski definition) is 0. The molecule has 0 saturated carbocycles. The van der Waals surface area contributed by atoms with Gasteiger partial charge in [0.05, 0.1) is 0 Å². The maximum Gasteiger partial charge on any atom is 0.195 e. The first-order valence-electron chi connectivity index (χ1n) is 10.5. The summed E-state index contributed by atoms with van der Waals surface area (Å²) in [5, 5.41) is 2.11. The number of ketones is 1. The van der Waals surface area contributed by atoms with Crippen molar-refractivity contribution in [2.75, 3.05) is 0 Å². The van der Waals surface area contributed by atoms with E-state index < -0.39 is 0 Å². The molecular weight excluding hydrogens is 354 g/mol. The van der Waals surface area contributed by atoms with Gasteiger partial charge in [-0.05, 0) is 41.8 Å². The Balaban J connectivity index is 1.77. The minimum atomic E-state index is 0.0879. The summed E-state index contributed by atoms with van der Waals surface area (Å²) in [6.45, 7) is 5.25. The zero-order valence-electron chi connectivity index (χ0n) is 17.2. The summed E-state index contributed by atoms with van der Waals surface area (Å²) < 4.78 is 2.25. The Morgan fingerprint density at radius 3 is 2.52 bits per heavy atom. The minimum absolute atomic E-state index is 0.0879. The fourth-order valence-electron chi connectivity index (χ4n) is 3.98. The standard InChI is InChI=1S/C27H27NO/c1-3-4-7-16-28-19-23(18-26(28)22-13-8-10-20(2)17-22)27(29)25-15-9-12-21-11-5-6-14-24(21)25/h5-6,8-15,17-19H,3-4,7,16H2,1-2H3. The Morgan fingerprint density at radius 2 is 1.69 bits per heavy atom. The molecule has 4 aromatic rings. The highest BCUT2D eigenvalue weighted by Crippen LogP contribution is 2.27. The van der Waals surface area contributed by atoms with Crippen molar-refractivity contribution in [3.05, 3.63) is 95.7 Å². The molecule has 1 heterocycles. The number of carbonyl (C=O) groups excluding carboxylic acids is 1. The molecule has 0 saturated heterocycles. The third kappa shape index (κ3) is 4.02. The summed E-state index contributed by atoms with van der Waals surface area (Å²) >= 11 is 0. The fourth-order valence-corrected chi connectivity index (χ4v) is 3.98. The van der Waals surface area contributed by atoms with Crippen LogP contribution >= 0.6 is 0 Å². The second kappa shape index (κ2) is 8.48. The number of hydrogen-bond acceptors (Lipinski definition) is 1. The summed E-state index contributed by atoms with van der Waals surface area (Å²) in [7, 11) is 0. The summed E-state index contributed by atoms with van der Waals surface area (Å²) in [6.07, 6.45) is 5.53. The van der Waals surface area contributed by atoms with Crippen LogP contribution in [0.4, 0.5) is 0 Å². The number of carbonyl (C=O) groups is 1. The van der Waals surface area contributed by atoms with E-state index >= 15 is 0 Å². The molecule has 3 aromatic carbocycles. The van der Waals surface area contributed by atoms with Crippen LogP contribution in [0.15, 0.2) is 79.0 Å². The van der Waals surface area contributed by atoms with Gasteiger partial charge in [0.25, 0.3) is 0 Å². The lowest BCUT2D eigenvalue weighted by atomic mass is 9.98. The molecule has 146 valence electrons. The van der Waals surface area contributed by atoms with Crippen LogP contribution in [0.5, 0.6) is 0 Å². The van der Waals surface area contributed by atoms with Crippen LogP contribution in [-0.4, -0.2) is 10.4 Å². The van der Waals surface area contributed by atoms with E-state index in [2.05, 4.69) is 60.9 Å². The van der Waals surface area contributed by atoms with Gasteiger partial charge in [0.2, 0.25) is 0 Å². The lowest BCUT2D eigenvalue weighted by molar-refractivity contribution is 0.104. The van der Waals surface area contributed by atoms with Crippen LogP contribution in [0.2, 0.25) is 0 Å². The van der Waals surface area contributed by atoms with E-state index in [-0.39, 0.29) is 5.78 Å². The smallest absolute Gasteiger partial charge is 0.195 e. The Hall–Kier alpha value is -3.13. The predicted octanol–water partition coefficient (Wildman–Crippen LogP) is 7.04. The molecule has 0 aliphatic heterocycles. The number of unbranched alkanes of at least 4 members (excludes halogenated alkanes) is 2. The molecule has 0 aliphatic carbocycles. The Kier molecular flexibility index (Phi) is 5.62. The predicted molar refractivity (Wildman–Crippen MR) is 122 cm³/mol.